The standard InChI is InChI=1S/C14H13NO2/c15-9-8-12(11-5-2-1-3-6-11)14(16)13-7-4-10-17-13/h1-7,10,12,14,16H,8H2. The van der Waals surface area contributed by atoms with Gasteiger partial charge in [0.25, 0.3) is 0 Å². The van der Waals surface area contributed by atoms with Crippen LogP contribution in [0.2, 0.25) is 0 Å². The molecule has 0 bridgehead atoms. The third kappa shape index (κ3) is 2.55. The zero-order chi connectivity index (χ0) is 12.1. The van der Waals surface area contributed by atoms with E-state index in [0.717, 1.165) is 5.56 Å². The highest BCUT2D eigenvalue weighted by molar-refractivity contribution is 5.24. The van der Waals surface area contributed by atoms with Gasteiger partial charge >= 0.3 is 0 Å². The first-order chi connectivity index (χ1) is 8.33. The Morgan fingerprint density at radius 1 is 1.18 bits per heavy atom. The normalized spacial score (nSPS) is 13.9. The lowest BCUT2D eigenvalue weighted by Gasteiger charge is -2.19. The third-order valence-electron chi connectivity index (χ3n) is 2.75. The topological polar surface area (TPSA) is 57.2 Å². The summed E-state index contributed by atoms with van der Waals surface area (Å²) in [5.41, 5.74) is 0.943. The van der Waals surface area contributed by atoms with Crippen molar-refractivity contribution in [3.05, 3.63) is 60.1 Å². The number of hydrogen-bond acceptors (Lipinski definition) is 3. The van der Waals surface area contributed by atoms with E-state index in [9.17, 15) is 5.11 Å². The van der Waals surface area contributed by atoms with Gasteiger partial charge in [0.1, 0.15) is 11.9 Å². The molecule has 0 fully saturated rings. The molecule has 0 aliphatic carbocycles. The molecular formula is C14H13NO2. The largest absolute Gasteiger partial charge is 0.467 e. The Morgan fingerprint density at radius 3 is 2.53 bits per heavy atom. The fourth-order valence-electron chi connectivity index (χ4n) is 1.87. The molecule has 0 saturated heterocycles. The van der Waals surface area contributed by atoms with Crippen LogP contribution in [-0.4, -0.2) is 5.11 Å². The molecule has 2 unspecified atom stereocenters. The number of furan rings is 1. The van der Waals surface area contributed by atoms with Crippen LogP contribution < -0.4 is 0 Å². The summed E-state index contributed by atoms with van der Waals surface area (Å²) in [5.74, 6) is 0.237. The summed E-state index contributed by atoms with van der Waals surface area (Å²) >= 11 is 0. The van der Waals surface area contributed by atoms with Crippen LogP contribution in [0, 0.1) is 11.3 Å². The number of nitriles is 1. The Kier molecular flexibility index (Phi) is 3.59. The molecule has 0 aliphatic heterocycles. The van der Waals surface area contributed by atoms with Crippen molar-refractivity contribution in [2.24, 2.45) is 0 Å². The lowest BCUT2D eigenvalue weighted by atomic mass is 9.89. The molecule has 1 N–H and O–H groups in total. The number of rotatable bonds is 4. The molecule has 1 aromatic heterocycles. The molecule has 0 amide bonds. The van der Waals surface area contributed by atoms with Crippen LogP contribution in [0.15, 0.2) is 53.1 Å². The molecule has 2 atom stereocenters. The minimum Gasteiger partial charge on any atom is -0.467 e. The van der Waals surface area contributed by atoms with E-state index in [0.29, 0.717) is 5.76 Å². The fourth-order valence-corrected chi connectivity index (χ4v) is 1.87. The van der Waals surface area contributed by atoms with Gasteiger partial charge in [-0.2, -0.15) is 5.26 Å². The first-order valence-corrected chi connectivity index (χ1v) is 5.46. The molecule has 0 aliphatic rings. The number of nitrogens with zero attached hydrogens (tertiary/aromatic N) is 1. The summed E-state index contributed by atoms with van der Waals surface area (Å²) in [7, 11) is 0. The Hall–Kier alpha value is -2.05. The van der Waals surface area contributed by atoms with E-state index in [4.69, 9.17) is 9.68 Å². The van der Waals surface area contributed by atoms with Crippen molar-refractivity contribution < 1.29 is 9.52 Å². The fraction of sp³-hybridized carbons (Fsp3) is 0.214. The van der Waals surface area contributed by atoms with Crippen molar-refractivity contribution in [3.8, 4) is 6.07 Å². The van der Waals surface area contributed by atoms with Crippen LogP contribution in [0.4, 0.5) is 0 Å². The first-order valence-electron chi connectivity index (χ1n) is 5.46. The zero-order valence-corrected chi connectivity index (χ0v) is 9.28. The number of aliphatic hydroxyl groups is 1. The number of hydrogen-bond donors (Lipinski definition) is 1. The van der Waals surface area contributed by atoms with Gasteiger partial charge in [-0.1, -0.05) is 30.3 Å². The summed E-state index contributed by atoms with van der Waals surface area (Å²) in [6.45, 7) is 0. The lowest BCUT2D eigenvalue weighted by Crippen LogP contribution is -2.09. The molecular weight excluding hydrogens is 214 g/mol. The molecule has 2 rings (SSSR count). The van der Waals surface area contributed by atoms with E-state index in [2.05, 4.69) is 6.07 Å². The van der Waals surface area contributed by atoms with Gasteiger partial charge in [-0.15, -0.1) is 0 Å². The smallest absolute Gasteiger partial charge is 0.132 e. The minimum absolute atomic E-state index is 0.256. The summed E-state index contributed by atoms with van der Waals surface area (Å²) < 4.78 is 5.18. The second kappa shape index (κ2) is 5.33. The van der Waals surface area contributed by atoms with Gasteiger partial charge in [-0.3, -0.25) is 0 Å². The average molecular weight is 227 g/mol. The van der Waals surface area contributed by atoms with Gasteiger partial charge < -0.3 is 9.52 Å². The predicted octanol–water partition coefficient (Wildman–Crippen LogP) is 3.01. The van der Waals surface area contributed by atoms with Gasteiger partial charge in [0.2, 0.25) is 0 Å². The third-order valence-corrected chi connectivity index (χ3v) is 2.75. The molecule has 0 saturated carbocycles. The molecule has 2 aromatic rings. The molecule has 3 nitrogen and oxygen atoms in total. The lowest BCUT2D eigenvalue weighted by molar-refractivity contribution is 0.120. The van der Waals surface area contributed by atoms with E-state index in [-0.39, 0.29) is 12.3 Å². The average Bonchev–Trinajstić information content (AvgIpc) is 2.90. The van der Waals surface area contributed by atoms with Crippen LogP contribution in [0.1, 0.15) is 29.8 Å². The minimum atomic E-state index is -0.785. The molecule has 0 radical (unpaired) electrons. The Labute approximate surface area is 99.9 Å². The van der Waals surface area contributed by atoms with E-state index < -0.39 is 6.10 Å². The maximum Gasteiger partial charge on any atom is 0.132 e. The summed E-state index contributed by atoms with van der Waals surface area (Å²) in [6.07, 6.45) is 0.992. The van der Waals surface area contributed by atoms with Gasteiger partial charge in [-0.05, 0) is 17.7 Å². The van der Waals surface area contributed by atoms with E-state index >= 15 is 0 Å². The van der Waals surface area contributed by atoms with Crippen molar-refractivity contribution in [3.63, 3.8) is 0 Å². The van der Waals surface area contributed by atoms with Crippen LogP contribution in [0.5, 0.6) is 0 Å². The highest BCUT2D eigenvalue weighted by atomic mass is 16.4. The summed E-state index contributed by atoms with van der Waals surface area (Å²) in [6, 6.07) is 15.1. The summed E-state index contributed by atoms with van der Waals surface area (Å²) in [4.78, 5) is 0. The number of benzene rings is 1. The maximum absolute atomic E-state index is 10.2. The van der Waals surface area contributed by atoms with Gasteiger partial charge in [-0.25, -0.2) is 0 Å². The quantitative estimate of drug-likeness (QED) is 0.873. The highest BCUT2D eigenvalue weighted by Crippen LogP contribution is 2.33. The van der Waals surface area contributed by atoms with Crippen molar-refractivity contribution in [1.29, 1.82) is 5.26 Å². The molecule has 1 aromatic carbocycles. The van der Waals surface area contributed by atoms with Crippen molar-refractivity contribution in [1.82, 2.24) is 0 Å². The highest BCUT2D eigenvalue weighted by Gasteiger charge is 2.24. The maximum atomic E-state index is 10.2. The van der Waals surface area contributed by atoms with Gasteiger partial charge in [0, 0.05) is 12.3 Å². The van der Waals surface area contributed by atoms with Crippen LogP contribution in [-0.2, 0) is 0 Å². The molecule has 0 spiro atoms. The predicted molar refractivity (Wildman–Crippen MR) is 63.1 cm³/mol. The Morgan fingerprint density at radius 2 is 1.94 bits per heavy atom. The van der Waals surface area contributed by atoms with E-state index in [1.165, 1.54) is 6.26 Å². The Bertz CT molecular complexity index is 485. The summed E-state index contributed by atoms with van der Waals surface area (Å²) in [5, 5.41) is 19.1. The zero-order valence-electron chi connectivity index (χ0n) is 9.28. The van der Waals surface area contributed by atoms with Crippen molar-refractivity contribution in [2.75, 3.05) is 0 Å². The molecule has 17 heavy (non-hydrogen) atoms. The van der Waals surface area contributed by atoms with Crippen LogP contribution in [0.25, 0.3) is 0 Å². The van der Waals surface area contributed by atoms with Crippen LogP contribution in [0.3, 0.4) is 0 Å². The Balaban J connectivity index is 2.27. The van der Waals surface area contributed by atoms with Gasteiger partial charge in [0.15, 0.2) is 0 Å². The second-order valence-electron chi connectivity index (χ2n) is 3.84. The van der Waals surface area contributed by atoms with Crippen molar-refractivity contribution in [2.45, 2.75) is 18.4 Å². The van der Waals surface area contributed by atoms with E-state index in [1.54, 1.807) is 12.1 Å². The van der Waals surface area contributed by atoms with Crippen LogP contribution >= 0.6 is 0 Å². The monoisotopic (exact) mass is 227 g/mol. The molecule has 1 heterocycles. The first kappa shape index (κ1) is 11.4. The second-order valence-corrected chi connectivity index (χ2v) is 3.84. The van der Waals surface area contributed by atoms with Crippen molar-refractivity contribution >= 4 is 0 Å². The molecule has 3 heteroatoms. The molecule has 86 valence electrons. The van der Waals surface area contributed by atoms with Gasteiger partial charge in [0.05, 0.1) is 12.3 Å². The SMILES string of the molecule is N#CCC(c1ccccc1)C(O)c1ccco1. The van der Waals surface area contributed by atoms with E-state index in [1.807, 2.05) is 30.3 Å². The number of aliphatic hydroxyl groups excluding tert-OH is 1.